The molecule has 3 aromatic rings. The van der Waals surface area contributed by atoms with Crippen LogP contribution in [0.4, 0.5) is 5.69 Å². The quantitative estimate of drug-likeness (QED) is 0.442. The van der Waals surface area contributed by atoms with E-state index >= 15 is 0 Å². The maximum Gasteiger partial charge on any atom is 0.242 e. The third-order valence-corrected chi connectivity index (χ3v) is 6.81. The standard InChI is InChI=1S/C23H22Cl2N2O5S/c1-31-21-10-8-16(13-18(21)24)26-23(28)20(12-15-6-4-3-5-7-15)27-33(29,30)17-9-11-22(32-2)19(25)14-17/h3-11,13-14,20,27H,12H2,1-2H3,(H,26,28)/t20-/m0/s1. The maximum atomic E-state index is 13.1. The topological polar surface area (TPSA) is 93.7 Å². The number of amides is 1. The molecular formula is C23H22Cl2N2O5S. The number of halogens is 2. The number of hydrogen-bond donors (Lipinski definition) is 2. The lowest BCUT2D eigenvalue weighted by Gasteiger charge is -2.19. The molecule has 0 aliphatic heterocycles. The van der Waals surface area contributed by atoms with Crippen LogP contribution in [0.3, 0.4) is 0 Å². The van der Waals surface area contributed by atoms with Gasteiger partial charge in [0.05, 0.1) is 29.2 Å². The molecule has 0 fully saturated rings. The Morgan fingerprint density at radius 1 is 0.909 bits per heavy atom. The van der Waals surface area contributed by atoms with E-state index in [1.165, 1.54) is 38.5 Å². The van der Waals surface area contributed by atoms with E-state index < -0.39 is 22.0 Å². The van der Waals surface area contributed by atoms with Gasteiger partial charge in [-0.15, -0.1) is 0 Å². The van der Waals surface area contributed by atoms with E-state index in [0.29, 0.717) is 22.2 Å². The molecule has 0 radical (unpaired) electrons. The van der Waals surface area contributed by atoms with E-state index in [0.717, 1.165) is 5.56 Å². The zero-order valence-electron chi connectivity index (χ0n) is 17.8. The van der Waals surface area contributed by atoms with Gasteiger partial charge in [-0.05, 0) is 48.4 Å². The highest BCUT2D eigenvalue weighted by Crippen LogP contribution is 2.28. The van der Waals surface area contributed by atoms with Crippen molar-refractivity contribution in [2.24, 2.45) is 0 Å². The number of nitrogens with one attached hydrogen (secondary N) is 2. The van der Waals surface area contributed by atoms with Crippen molar-refractivity contribution in [3.8, 4) is 11.5 Å². The minimum Gasteiger partial charge on any atom is -0.495 e. The summed E-state index contributed by atoms with van der Waals surface area (Å²) in [5.41, 5.74) is 1.18. The van der Waals surface area contributed by atoms with Gasteiger partial charge in [0.1, 0.15) is 17.5 Å². The van der Waals surface area contributed by atoms with Gasteiger partial charge in [-0.25, -0.2) is 8.42 Å². The van der Waals surface area contributed by atoms with Crippen LogP contribution in [0.1, 0.15) is 5.56 Å². The summed E-state index contributed by atoms with van der Waals surface area (Å²) in [6.07, 6.45) is 0.125. The highest BCUT2D eigenvalue weighted by molar-refractivity contribution is 7.89. The monoisotopic (exact) mass is 508 g/mol. The molecule has 0 bridgehead atoms. The Kier molecular flexibility index (Phi) is 8.20. The third-order valence-electron chi connectivity index (χ3n) is 4.75. The van der Waals surface area contributed by atoms with E-state index in [1.807, 2.05) is 30.3 Å². The van der Waals surface area contributed by atoms with Gasteiger partial charge in [0.15, 0.2) is 0 Å². The first-order valence-corrected chi connectivity index (χ1v) is 12.0. The second kappa shape index (κ2) is 10.9. The van der Waals surface area contributed by atoms with Crippen LogP contribution < -0.4 is 19.5 Å². The van der Waals surface area contributed by atoms with Crippen molar-refractivity contribution in [2.75, 3.05) is 19.5 Å². The molecule has 33 heavy (non-hydrogen) atoms. The summed E-state index contributed by atoms with van der Waals surface area (Å²) < 4.78 is 38.8. The Morgan fingerprint density at radius 3 is 2.09 bits per heavy atom. The van der Waals surface area contributed by atoms with E-state index in [4.69, 9.17) is 32.7 Å². The van der Waals surface area contributed by atoms with Gasteiger partial charge < -0.3 is 14.8 Å². The lowest BCUT2D eigenvalue weighted by atomic mass is 10.1. The van der Waals surface area contributed by atoms with Crippen molar-refractivity contribution in [3.63, 3.8) is 0 Å². The van der Waals surface area contributed by atoms with Gasteiger partial charge in [0.2, 0.25) is 15.9 Å². The van der Waals surface area contributed by atoms with Gasteiger partial charge in [-0.3, -0.25) is 4.79 Å². The largest absolute Gasteiger partial charge is 0.495 e. The van der Waals surface area contributed by atoms with Crippen molar-refractivity contribution >= 4 is 44.8 Å². The number of anilines is 1. The third kappa shape index (κ3) is 6.39. The predicted octanol–water partition coefficient (Wildman–Crippen LogP) is 4.54. The fraction of sp³-hybridized carbons (Fsp3) is 0.174. The molecule has 1 atom stereocenters. The van der Waals surface area contributed by atoms with Crippen LogP contribution in [-0.4, -0.2) is 34.6 Å². The lowest BCUT2D eigenvalue weighted by molar-refractivity contribution is -0.117. The summed E-state index contributed by atoms with van der Waals surface area (Å²) in [5.74, 6) is 0.237. The molecule has 3 aromatic carbocycles. The molecule has 174 valence electrons. The van der Waals surface area contributed by atoms with Crippen LogP contribution >= 0.6 is 23.2 Å². The number of methoxy groups -OCH3 is 2. The van der Waals surface area contributed by atoms with Crippen molar-refractivity contribution < 1.29 is 22.7 Å². The molecular weight excluding hydrogens is 487 g/mol. The number of carbonyl (C=O) groups is 1. The van der Waals surface area contributed by atoms with Crippen molar-refractivity contribution in [3.05, 3.63) is 82.3 Å². The molecule has 0 aromatic heterocycles. The Hall–Kier alpha value is -2.78. The SMILES string of the molecule is COc1ccc(NC(=O)[C@H](Cc2ccccc2)NS(=O)(=O)c2ccc(OC)c(Cl)c2)cc1Cl. The van der Waals surface area contributed by atoms with Gasteiger partial charge in [0, 0.05) is 5.69 Å². The average Bonchev–Trinajstić information content (AvgIpc) is 2.79. The first-order valence-electron chi connectivity index (χ1n) is 9.77. The summed E-state index contributed by atoms with van der Waals surface area (Å²) in [4.78, 5) is 13.0. The molecule has 0 saturated heterocycles. The van der Waals surface area contributed by atoms with E-state index in [1.54, 1.807) is 12.1 Å². The Labute approximate surface area is 202 Å². The predicted molar refractivity (Wildman–Crippen MR) is 129 cm³/mol. The minimum absolute atomic E-state index is 0.0911. The van der Waals surface area contributed by atoms with E-state index in [2.05, 4.69) is 10.0 Å². The summed E-state index contributed by atoms with van der Waals surface area (Å²) in [6.45, 7) is 0. The number of carbonyl (C=O) groups excluding carboxylic acids is 1. The fourth-order valence-corrected chi connectivity index (χ4v) is 4.88. The number of benzene rings is 3. The Morgan fingerprint density at radius 2 is 1.52 bits per heavy atom. The van der Waals surface area contributed by atoms with Crippen molar-refractivity contribution in [2.45, 2.75) is 17.4 Å². The first-order chi connectivity index (χ1) is 15.7. The lowest BCUT2D eigenvalue weighted by Crippen LogP contribution is -2.45. The Balaban J connectivity index is 1.88. The summed E-state index contributed by atoms with van der Waals surface area (Å²) in [7, 11) is -1.17. The number of hydrogen-bond acceptors (Lipinski definition) is 5. The van der Waals surface area contributed by atoms with Gasteiger partial charge >= 0.3 is 0 Å². The van der Waals surface area contributed by atoms with Crippen molar-refractivity contribution in [1.29, 1.82) is 0 Å². The van der Waals surface area contributed by atoms with Crippen LogP contribution in [0.2, 0.25) is 10.0 Å². The van der Waals surface area contributed by atoms with Gasteiger partial charge in [-0.1, -0.05) is 53.5 Å². The molecule has 1 amide bonds. The molecule has 7 nitrogen and oxygen atoms in total. The zero-order valence-corrected chi connectivity index (χ0v) is 20.2. The minimum atomic E-state index is -4.08. The van der Waals surface area contributed by atoms with Gasteiger partial charge in [0.25, 0.3) is 0 Å². The molecule has 0 aliphatic carbocycles. The molecule has 3 rings (SSSR count). The van der Waals surface area contributed by atoms with Crippen LogP contribution in [-0.2, 0) is 21.2 Å². The molecule has 10 heteroatoms. The molecule has 0 spiro atoms. The summed E-state index contributed by atoms with van der Waals surface area (Å²) in [5, 5.41) is 3.15. The molecule has 0 aliphatic rings. The molecule has 2 N–H and O–H groups in total. The fourth-order valence-electron chi connectivity index (χ4n) is 3.08. The Bertz CT molecular complexity index is 1240. The highest BCUT2D eigenvalue weighted by Gasteiger charge is 2.27. The smallest absolute Gasteiger partial charge is 0.242 e. The molecule has 0 saturated carbocycles. The first kappa shape index (κ1) is 24.9. The number of rotatable bonds is 9. The van der Waals surface area contributed by atoms with Crippen LogP contribution in [0.25, 0.3) is 0 Å². The normalized spacial score (nSPS) is 12.1. The average molecular weight is 509 g/mol. The van der Waals surface area contributed by atoms with Gasteiger partial charge in [-0.2, -0.15) is 4.72 Å². The number of sulfonamides is 1. The summed E-state index contributed by atoms with van der Waals surface area (Å²) in [6, 6.07) is 16.8. The number of ether oxygens (including phenoxy) is 2. The van der Waals surface area contributed by atoms with E-state index in [-0.39, 0.29) is 16.3 Å². The van der Waals surface area contributed by atoms with Crippen LogP contribution in [0, 0.1) is 0 Å². The summed E-state index contributed by atoms with van der Waals surface area (Å²) >= 11 is 12.2. The van der Waals surface area contributed by atoms with Crippen molar-refractivity contribution in [1.82, 2.24) is 4.72 Å². The molecule has 0 unspecified atom stereocenters. The second-order valence-corrected chi connectivity index (χ2v) is 9.53. The van der Waals surface area contributed by atoms with Crippen LogP contribution in [0.5, 0.6) is 11.5 Å². The highest BCUT2D eigenvalue weighted by atomic mass is 35.5. The van der Waals surface area contributed by atoms with E-state index in [9.17, 15) is 13.2 Å². The second-order valence-electron chi connectivity index (χ2n) is 7.00. The maximum absolute atomic E-state index is 13.1. The van der Waals surface area contributed by atoms with Crippen LogP contribution in [0.15, 0.2) is 71.6 Å². The zero-order chi connectivity index (χ0) is 24.0. The molecule has 0 heterocycles.